The Labute approximate surface area is 99.3 Å². The first kappa shape index (κ1) is 11.2. The van der Waals surface area contributed by atoms with Gasteiger partial charge in [-0.1, -0.05) is 17.7 Å². The van der Waals surface area contributed by atoms with Gasteiger partial charge in [0.15, 0.2) is 0 Å². The number of aliphatic hydroxyl groups is 1. The van der Waals surface area contributed by atoms with E-state index in [4.69, 9.17) is 16.7 Å². The van der Waals surface area contributed by atoms with Crippen LogP contribution in [-0.4, -0.2) is 14.7 Å². The fraction of sp³-hybridized carbons (Fsp3) is 0.250. The summed E-state index contributed by atoms with van der Waals surface area (Å²) in [6, 6.07) is 5.58. The van der Waals surface area contributed by atoms with Gasteiger partial charge in [0.25, 0.3) is 0 Å². The van der Waals surface area contributed by atoms with E-state index in [9.17, 15) is 0 Å². The van der Waals surface area contributed by atoms with E-state index in [0.717, 1.165) is 22.6 Å². The third kappa shape index (κ3) is 1.84. The third-order valence-electron chi connectivity index (χ3n) is 2.74. The number of imidazole rings is 1. The zero-order valence-electron chi connectivity index (χ0n) is 9.24. The maximum absolute atomic E-state index is 9.03. The molecule has 3 nitrogen and oxygen atoms in total. The van der Waals surface area contributed by atoms with Crippen LogP contribution in [0.15, 0.2) is 24.5 Å². The lowest BCUT2D eigenvalue weighted by Gasteiger charge is -2.08. The summed E-state index contributed by atoms with van der Waals surface area (Å²) >= 11 is 6.04. The number of hydrogen-bond donors (Lipinski definition) is 1. The van der Waals surface area contributed by atoms with E-state index in [1.165, 1.54) is 0 Å². The van der Waals surface area contributed by atoms with Gasteiger partial charge < -0.3 is 9.67 Å². The van der Waals surface area contributed by atoms with Crippen molar-refractivity contribution in [2.45, 2.75) is 20.5 Å². The van der Waals surface area contributed by atoms with Gasteiger partial charge in [0.2, 0.25) is 0 Å². The van der Waals surface area contributed by atoms with E-state index in [-0.39, 0.29) is 6.61 Å². The van der Waals surface area contributed by atoms with Crippen LogP contribution in [0.4, 0.5) is 0 Å². The Morgan fingerprint density at radius 1 is 1.38 bits per heavy atom. The topological polar surface area (TPSA) is 38.0 Å². The number of hydrogen-bond acceptors (Lipinski definition) is 2. The number of nitrogens with zero attached hydrogens (tertiary/aromatic N) is 2. The van der Waals surface area contributed by atoms with E-state index in [2.05, 4.69) is 4.98 Å². The predicted octanol–water partition coefficient (Wildman–Crippen LogP) is 2.63. The maximum Gasteiger partial charge on any atom is 0.0997 e. The standard InChI is InChI=1S/C12H13ClN2O/c1-8-9(2)15(7-14-8)11-4-3-10(6-16)12(13)5-11/h3-5,7,16H,6H2,1-2H3. The second-order valence-corrected chi connectivity index (χ2v) is 4.13. The molecular weight excluding hydrogens is 224 g/mol. The molecule has 1 aromatic carbocycles. The molecule has 0 aliphatic rings. The SMILES string of the molecule is Cc1ncn(-c2ccc(CO)c(Cl)c2)c1C. The van der Waals surface area contributed by atoms with Crippen molar-refractivity contribution >= 4 is 11.6 Å². The van der Waals surface area contributed by atoms with Crippen molar-refractivity contribution in [3.05, 3.63) is 46.5 Å². The molecule has 1 aromatic heterocycles. The molecule has 0 amide bonds. The first-order chi connectivity index (χ1) is 7.63. The van der Waals surface area contributed by atoms with Gasteiger partial charge in [0, 0.05) is 16.4 Å². The van der Waals surface area contributed by atoms with Crippen molar-refractivity contribution in [2.24, 2.45) is 0 Å². The molecule has 0 radical (unpaired) electrons. The van der Waals surface area contributed by atoms with Crippen LogP contribution in [0.3, 0.4) is 0 Å². The lowest BCUT2D eigenvalue weighted by Crippen LogP contribution is -1.96. The number of halogens is 1. The van der Waals surface area contributed by atoms with Gasteiger partial charge in [-0.2, -0.15) is 0 Å². The molecule has 2 rings (SSSR count). The normalized spacial score (nSPS) is 10.8. The van der Waals surface area contributed by atoms with Crippen molar-refractivity contribution in [1.29, 1.82) is 0 Å². The quantitative estimate of drug-likeness (QED) is 0.871. The first-order valence-corrected chi connectivity index (χ1v) is 5.41. The minimum atomic E-state index is -0.0406. The summed E-state index contributed by atoms with van der Waals surface area (Å²) in [6.45, 7) is 3.94. The summed E-state index contributed by atoms with van der Waals surface area (Å²) in [4.78, 5) is 4.24. The smallest absolute Gasteiger partial charge is 0.0997 e. The third-order valence-corrected chi connectivity index (χ3v) is 3.09. The molecule has 0 atom stereocenters. The summed E-state index contributed by atoms with van der Waals surface area (Å²) in [5, 5.41) is 9.61. The molecule has 0 aliphatic carbocycles. The monoisotopic (exact) mass is 236 g/mol. The summed E-state index contributed by atoms with van der Waals surface area (Å²) < 4.78 is 1.97. The highest BCUT2D eigenvalue weighted by Crippen LogP contribution is 2.21. The number of aromatic nitrogens is 2. The fourth-order valence-electron chi connectivity index (χ4n) is 1.57. The summed E-state index contributed by atoms with van der Waals surface area (Å²) in [7, 11) is 0. The summed E-state index contributed by atoms with van der Waals surface area (Å²) in [5.74, 6) is 0. The van der Waals surface area contributed by atoms with E-state index < -0.39 is 0 Å². The lowest BCUT2D eigenvalue weighted by atomic mass is 10.2. The zero-order valence-corrected chi connectivity index (χ0v) is 9.99. The van der Waals surface area contributed by atoms with Crippen molar-refractivity contribution in [3.63, 3.8) is 0 Å². The van der Waals surface area contributed by atoms with E-state index in [1.54, 1.807) is 6.33 Å². The van der Waals surface area contributed by atoms with Crippen LogP contribution in [0.1, 0.15) is 17.0 Å². The summed E-state index contributed by atoms with van der Waals surface area (Å²) in [6.07, 6.45) is 1.77. The molecule has 1 N–H and O–H groups in total. The highest BCUT2D eigenvalue weighted by molar-refractivity contribution is 6.31. The van der Waals surface area contributed by atoms with Gasteiger partial charge in [0.05, 0.1) is 18.6 Å². The van der Waals surface area contributed by atoms with Gasteiger partial charge in [0.1, 0.15) is 0 Å². The van der Waals surface area contributed by atoms with Crippen LogP contribution < -0.4 is 0 Å². The molecule has 0 fully saturated rings. The minimum Gasteiger partial charge on any atom is -0.392 e. The Balaban J connectivity index is 2.49. The number of benzene rings is 1. The second-order valence-electron chi connectivity index (χ2n) is 3.72. The average Bonchev–Trinajstić information content (AvgIpc) is 2.60. The molecule has 4 heteroatoms. The number of aryl methyl sites for hydroxylation is 1. The Kier molecular flexibility index (Phi) is 2.99. The van der Waals surface area contributed by atoms with Gasteiger partial charge in [-0.3, -0.25) is 0 Å². The van der Waals surface area contributed by atoms with Crippen LogP contribution in [0.2, 0.25) is 5.02 Å². The molecule has 1 heterocycles. The molecule has 0 aliphatic heterocycles. The molecule has 16 heavy (non-hydrogen) atoms. The molecule has 2 aromatic rings. The molecule has 0 spiro atoms. The molecule has 0 saturated heterocycles. The second kappa shape index (κ2) is 4.28. The van der Waals surface area contributed by atoms with E-state index in [1.807, 2.05) is 36.6 Å². The van der Waals surface area contributed by atoms with Crippen LogP contribution >= 0.6 is 11.6 Å². The maximum atomic E-state index is 9.03. The Hall–Kier alpha value is -1.32. The van der Waals surface area contributed by atoms with Gasteiger partial charge in [-0.25, -0.2) is 4.98 Å². The van der Waals surface area contributed by atoms with Crippen molar-refractivity contribution in [1.82, 2.24) is 9.55 Å². The van der Waals surface area contributed by atoms with Crippen LogP contribution in [-0.2, 0) is 6.61 Å². The van der Waals surface area contributed by atoms with Crippen LogP contribution in [0.25, 0.3) is 5.69 Å². The first-order valence-electron chi connectivity index (χ1n) is 5.03. The summed E-state index contributed by atoms with van der Waals surface area (Å²) in [5.41, 5.74) is 3.79. The minimum absolute atomic E-state index is 0.0406. The van der Waals surface area contributed by atoms with Crippen LogP contribution in [0, 0.1) is 13.8 Å². The fourth-order valence-corrected chi connectivity index (χ4v) is 1.81. The van der Waals surface area contributed by atoms with Crippen molar-refractivity contribution in [3.8, 4) is 5.69 Å². The Bertz CT molecular complexity index is 520. The lowest BCUT2D eigenvalue weighted by molar-refractivity contribution is 0.282. The van der Waals surface area contributed by atoms with Crippen LogP contribution in [0.5, 0.6) is 0 Å². The zero-order chi connectivity index (χ0) is 11.7. The highest BCUT2D eigenvalue weighted by Gasteiger charge is 2.06. The highest BCUT2D eigenvalue weighted by atomic mass is 35.5. The van der Waals surface area contributed by atoms with Gasteiger partial charge in [-0.05, 0) is 31.5 Å². The molecule has 0 bridgehead atoms. The predicted molar refractivity (Wildman–Crippen MR) is 64.0 cm³/mol. The van der Waals surface area contributed by atoms with Gasteiger partial charge in [-0.15, -0.1) is 0 Å². The van der Waals surface area contributed by atoms with Crippen molar-refractivity contribution < 1.29 is 5.11 Å². The number of aliphatic hydroxyl groups excluding tert-OH is 1. The average molecular weight is 237 g/mol. The molecular formula is C12H13ClN2O. The number of rotatable bonds is 2. The largest absolute Gasteiger partial charge is 0.392 e. The van der Waals surface area contributed by atoms with Gasteiger partial charge >= 0.3 is 0 Å². The molecule has 0 saturated carbocycles. The van der Waals surface area contributed by atoms with Crippen molar-refractivity contribution in [2.75, 3.05) is 0 Å². The van der Waals surface area contributed by atoms with E-state index in [0.29, 0.717) is 5.02 Å². The Morgan fingerprint density at radius 3 is 2.62 bits per heavy atom. The van der Waals surface area contributed by atoms with E-state index >= 15 is 0 Å². The Morgan fingerprint density at radius 2 is 2.12 bits per heavy atom. The molecule has 0 unspecified atom stereocenters. The molecule has 84 valence electrons.